The van der Waals surface area contributed by atoms with Crippen LogP contribution in [0.15, 0.2) is 0 Å². The van der Waals surface area contributed by atoms with Crippen LogP contribution in [0.4, 0.5) is 0 Å². The van der Waals surface area contributed by atoms with Gasteiger partial charge in [0.05, 0.1) is 7.11 Å². The number of rotatable bonds is 4. The van der Waals surface area contributed by atoms with E-state index < -0.39 is 6.04 Å². The number of esters is 1. The molecule has 94 valence electrons. The van der Waals surface area contributed by atoms with Crippen molar-refractivity contribution in [3.05, 3.63) is 0 Å². The lowest BCUT2D eigenvalue weighted by Gasteiger charge is -2.37. The Morgan fingerprint density at radius 2 is 2.25 bits per heavy atom. The maximum atomic E-state index is 11.1. The van der Waals surface area contributed by atoms with Crippen molar-refractivity contribution in [3.8, 4) is 0 Å². The average Bonchev–Trinajstić information content (AvgIpc) is 2.29. The van der Waals surface area contributed by atoms with Crippen LogP contribution in [0.5, 0.6) is 0 Å². The summed E-state index contributed by atoms with van der Waals surface area (Å²) in [6.07, 6.45) is 0.670. The van der Waals surface area contributed by atoms with Gasteiger partial charge in [-0.1, -0.05) is 0 Å². The number of likely N-dealkylation sites (N-methyl/N-ethyl adjacent to an activating group) is 1. The molecule has 0 bridgehead atoms. The van der Waals surface area contributed by atoms with Crippen molar-refractivity contribution in [2.45, 2.75) is 25.4 Å². The van der Waals surface area contributed by atoms with Crippen LogP contribution in [-0.4, -0.2) is 68.2 Å². The Morgan fingerprint density at radius 3 is 2.81 bits per heavy atom. The van der Waals surface area contributed by atoms with Crippen LogP contribution in [0.25, 0.3) is 0 Å². The molecule has 1 aliphatic rings. The number of hydrogen-bond donors (Lipinski definition) is 1. The van der Waals surface area contributed by atoms with E-state index in [0.717, 1.165) is 26.2 Å². The van der Waals surface area contributed by atoms with Gasteiger partial charge in [-0.3, -0.25) is 4.79 Å². The molecular weight excluding hydrogens is 206 g/mol. The number of nitrogens with zero attached hydrogens (tertiary/aromatic N) is 2. The van der Waals surface area contributed by atoms with E-state index >= 15 is 0 Å². The lowest BCUT2D eigenvalue weighted by molar-refractivity contribution is -0.142. The van der Waals surface area contributed by atoms with Crippen molar-refractivity contribution >= 4 is 5.97 Å². The van der Waals surface area contributed by atoms with Gasteiger partial charge in [0, 0.05) is 32.2 Å². The standard InChI is InChI=1S/C11H23N3O2/c1-9-8-14(7-6-13(9)2)5-4-10(12)11(15)16-3/h9-10H,4-8,12H2,1-3H3. The molecule has 0 radical (unpaired) electrons. The summed E-state index contributed by atoms with van der Waals surface area (Å²) in [4.78, 5) is 15.8. The van der Waals surface area contributed by atoms with Crippen LogP contribution in [0.3, 0.4) is 0 Å². The molecule has 0 aromatic carbocycles. The summed E-state index contributed by atoms with van der Waals surface area (Å²) in [6, 6.07) is 0.0862. The molecule has 0 saturated carbocycles. The maximum Gasteiger partial charge on any atom is 0.322 e. The van der Waals surface area contributed by atoms with E-state index in [9.17, 15) is 4.79 Å². The quantitative estimate of drug-likeness (QED) is 0.659. The summed E-state index contributed by atoms with van der Waals surface area (Å²) in [7, 11) is 3.52. The average molecular weight is 229 g/mol. The molecule has 2 atom stereocenters. The molecule has 2 N–H and O–H groups in total. The van der Waals surface area contributed by atoms with E-state index in [1.807, 2.05) is 0 Å². The first kappa shape index (κ1) is 13.4. The second-order valence-electron chi connectivity index (χ2n) is 4.55. The van der Waals surface area contributed by atoms with Crippen LogP contribution in [0.1, 0.15) is 13.3 Å². The number of piperazine rings is 1. The topological polar surface area (TPSA) is 58.8 Å². The molecule has 1 heterocycles. The minimum atomic E-state index is -0.486. The fourth-order valence-corrected chi connectivity index (χ4v) is 1.92. The van der Waals surface area contributed by atoms with E-state index in [2.05, 4.69) is 28.5 Å². The van der Waals surface area contributed by atoms with Crippen molar-refractivity contribution < 1.29 is 9.53 Å². The molecule has 16 heavy (non-hydrogen) atoms. The maximum absolute atomic E-state index is 11.1. The molecule has 0 aromatic heterocycles. The van der Waals surface area contributed by atoms with Gasteiger partial charge < -0.3 is 20.3 Å². The second kappa shape index (κ2) is 6.18. The Hall–Kier alpha value is -0.650. The lowest BCUT2D eigenvalue weighted by Crippen LogP contribution is -2.51. The van der Waals surface area contributed by atoms with Crippen molar-refractivity contribution in [2.75, 3.05) is 40.3 Å². The summed E-state index contributed by atoms with van der Waals surface area (Å²) >= 11 is 0. The van der Waals surface area contributed by atoms with Crippen molar-refractivity contribution in [1.82, 2.24) is 9.80 Å². The third-order valence-corrected chi connectivity index (χ3v) is 3.30. The Bertz CT molecular complexity index is 235. The number of hydrogen-bond acceptors (Lipinski definition) is 5. The van der Waals surface area contributed by atoms with Crippen LogP contribution in [0.2, 0.25) is 0 Å². The highest BCUT2D eigenvalue weighted by atomic mass is 16.5. The first-order chi connectivity index (χ1) is 7.54. The largest absolute Gasteiger partial charge is 0.468 e. The minimum absolute atomic E-state index is 0.317. The Kier molecular flexibility index (Phi) is 5.18. The molecule has 1 aliphatic heterocycles. The normalized spacial score (nSPS) is 25.4. The molecule has 0 aromatic rings. The fourth-order valence-electron chi connectivity index (χ4n) is 1.92. The number of ether oxygens (including phenoxy) is 1. The predicted molar refractivity (Wildman–Crippen MR) is 63.1 cm³/mol. The van der Waals surface area contributed by atoms with Crippen LogP contribution >= 0.6 is 0 Å². The Morgan fingerprint density at radius 1 is 1.56 bits per heavy atom. The van der Waals surface area contributed by atoms with Gasteiger partial charge in [0.2, 0.25) is 0 Å². The van der Waals surface area contributed by atoms with E-state index in [-0.39, 0.29) is 5.97 Å². The van der Waals surface area contributed by atoms with Crippen LogP contribution in [-0.2, 0) is 9.53 Å². The van der Waals surface area contributed by atoms with Gasteiger partial charge in [-0.15, -0.1) is 0 Å². The minimum Gasteiger partial charge on any atom is -0.468 e. The Balaban J connectivity index is 2.25. The highest BCUT2D eigenvalue weighted by molar-refractivity contribution is 5.75. The van der Waals surface area contributed by atoms with Gasteiger partial charge in [-0.05, 0) is 20.4 Å². The first-order valence-corrected chi connectivity index (χ1v) is 5.80. The summed E-state index contributed by atoms with van der Waals surface area (Å²) in [5.41, 5.74) is 5.70. The summed E-state index contributed by atoms with van der Waals surface area (Å²) in [5, 5.41) is 0. The molecule has 0 spiro atoms. The number of nitrogens with two attached hydrogens (primary N) is 1. The highest BCUT2D eigenvalue weighted by Crippen LogP contribution is 2.07. The van der Waals surface area contributed by atoms with E-state index in [0.29, 0.717) is 12.5 Å². The van der Waals surface area contributed by atoms with Crippen LogP contribution < -0.4 is 5.73 Å². The molecule has 5 heteroatoms. The third kappa shape index (κ3) is 3.73. The fraction of sp³-hybridized carbons (Fsp3) is 0.909. The van der Waals surface area contributed by atoms with E-state index in [1.54, 1.807) is 0 Å². The summed E-state index contributed by atoms with van der Waals surface area (Å²) in [5.74, 6) is -0.317. The SMILES string of the molecule is COC(=O)C(N)CCN1CCN(C)C(C)C1. The molecular formula is C11H23N3O2. The zero-order chi connectivity index (χ0) is 12.1. The van der Waals surface area contributed by atoms with Gasteiger partial charge in [-0.25, -0.2) is 0 Å². The highest BCUT2D eigenvalue weighted by Gasteiger charge is 2.22. The van der Waals surface area contributed by atoms with Crippen molar-refractivity contribution in [1.29, 1.82) is 0 Å². The van der Waals surface area contributed by atoms with E-state index in [4.69, 9.17) is 5.73 Å². The first-order valence-electron chi connectivity index (χ1n) is 5.80. The van der Waals surface area contributed by atoms with Gasteiger partial charge >= 0.3 is 5.97 Å². The third-order valence-electron chi connectivity index (χ3n) is 3.30. The predicted octanol–water partition coefficient (Wildman–Crippen LogP) is -0.487. The second-order valence-corrected chi connectivity index (χ2v) is 4.55. The number of carbonyl (C=O) groups is 1. The number of carbonyl (C=O) groups excluding carboxylic acids is 1. The molecule has 2 unspecified atom stereocenters. The summed E-state index contributed by atoms with van der Waals surface area (Å²) < 4.78 is 4.60. The molecule has 0 amide bonds. The molecule has 1 fully saturated rings. The molecule has 0 aliphatic carbocycles. The van der Waals surface area contributed by atoms with Gasteiger partial charge in [0.15, 0.2) is 0 Å². The van der Waals surface area contributed by atoms with Crippen molar-refractivity contribution in [3.63, 3.8) is 0 Å². The van der Waals surface area contributed by atoms with Gasteiger partial charge in [-0.2, -0.15) is 0 Å². The zero-order valence-electron chi connectivity index (χ0n) is 10.5. The lowest BCUT2D eigenvalue weighted by atomic mass is 10.1. The molecule has 1 rings (SSSR count). The van der Waals surface area contributed by atoms with Crippen molar-refractivity contribution in [2.24, 2.45) is 5.73 Å². The Labute approximate surface area is 97.5 Å². The summed E-state index contributed by atoms with van der Waals surface area (Å²) in [6.45, 7) is 6.26. The smallest absolute Gasteiger partial charge is 0.322 e. The molecule has 1 saturated heterocycles. The monoisotopic (exact) mass is 229 g/mol. The molecule has 5 nitrogen and oxygen atoms in total. The van der Waals surface area contributed by atoms with Gasteiger partial charge in [0.1, 0.15) is 6.04 Å². The van der Waals surface area contributed by atoms with E-state index in [1.165, 1.54) is 7.11 Å². The number of methoxy groups -OCH3 is 1. The van der Waals surface area contributed by atoms with Crippen LogP contribution in [0, 0.1) is 0 Å². The zero-order valence-corrected chi connectivity index (χ0v) is 10.5. The van der Waals surface area contributed by atoms with Gasteiger partial charge in [0.25, 0.3) is 0 Å².